The van der Waals surface area contributed by atoms with Crippen molar-refractivity contribution in [2.75, 3.05) is 0 Å². The van der Waals surface area contributed by atoms with Gasteiger partial charge < -0.3 is 4.42 Å². The van der Waals surface area contributed by atoms with Crippen molar-refractivity contribution in [3.63, 3.8) is 0 Å². The highest BCUT2D eigenvalue weighted by atomic mass is 16.3. The summed E-state index contributed by atoms with van der Waals surface area (Å²) in [4.78, 5) is 0. The van der Waals surface area contributed by atoms with Gasteiger partial charge in [-0.2, -0.15) is 0 Å². The first-order chi connectivity index (χ1) is 22.6. The molecule has 0 fully saturated rings. The van der Waals surface area contributed by atoms with Crippen molar-refractivity contribution in [1.29, 1.82) is 0 Å². The van der Waals surface area contributed by atoms with E-state index in [0.29, 0.717) is 0 Å². The topological polar surface area (TPSA) is 13.1 Å². The molecule has 244 valence electrons. The zero-order valence-electron chi connectivity index (χ0n) is 31.8. The van der Waals surface area contributed by atoms with Gasteiger partial charge in [-0.3, -0.25) is 0 Å². The van der Waals surface area contributed by atoms with E-state index >= 15 is 0 Å². The largest absolute Gasteiger partial charge is 0.455 e. The van der Waals surface area contributed by atoms with Gasteiger partial charge in [0.25, 0.3) is 0 Å². The van der Waals surface area contributed by atoms with Crippen molar-refractivity contribution in [2.24, 2.45) is 0 Å². The van der Waals surface area contributed by atoms with Gasteiger partial charge in [0.15, 0.2) is 0 Å². The van der Waals surface area contributed by atoms with Crippen molar-refractivity contribution < 1.29 is 4.42 Å². The lowest BCUT2D eigenvalue weighted by Gasteiger charge is -2.28. The maximum Gasteiger partial charge on any atom is 0.139 e. The first kappa shape index (κ1) is 32.2. The number of benzene rings is 6. The molecule has 0 aliphatic carbocycles. The lowest BCUT2D eigenvalue weighted by atomic mass is 9.75. The van der Waals surface area contributed by atoms with Gasteiger partial charge in [-0.05, 0) is 231 Å². The predicted molar refractivity (Wildman–Crippen MR) is 211 cm³/mol. The average Bonchev–Trinajstić information content (AvgIpc) is 3.48. The van der Waals surface area contributed by atoms with E-state index < -0.39 is 0 Å². The molecule has 7 rings (SSSR count). The molecule has 0 saturated heterocycles. The standard InChI is InChI=1S/C47H50O/c1-21-23(3)30(10)39-37(28(21)8)43(36-19-17-16-18-20-36)38-29(9)22(2)24(4)31(11)40(38)44(39)41-32(12)27(7)35(15)47-45(41)42-33(13)25(5)26(6)34(14)46(42)48-47/h16-20H,1-15H3. The van der Waals surface area contributed by atoms with Crippen LogP contribution in [0.1, 0.15) is 83.5 Å². The van der Waals surface area contributed by atoms with Crippen LogP contribution >= 0.6 is 0 Å². The van der Waals surface area contributed by atoms with Crippen LogP contribution in [0.4, 0.5) is 0 Å². The van der Waals surface area contributed by atoms with Gasteiger partial charge in [-0.15, -0.1) is 0 Å². The Morgan fingerprint density at radius 1 is 0.271 bits per heavy atom. The van der Waals surface area contributed by atoms with Gasteiger partial charge in [0.2, 0.25) is 0 Å². The highest BCUT2D eigenvalue weighted by Crippen LogP contribution is 2.54. The molecule has 0 saturated carbocycles. The van der Waals surface area contributed by atoms with Gasteiger partial charge in [0.1, 0.15) is 11.2 Å². The Morgan fingerprint density at radius 2 is 0.604 bits per heavy atom. The van der Waals surface area contributed by atoms with E-state index in [9.17, 15) is 0 Å². The summed E-state index contributed by atoms with van der Waals surface area (Å²) in [5.74, 6) is 0. The molecule has 0 spiro atoms. The van der Waals surface area contributed by atoms with Gasteiger partial charge in [-0.25, -0.2) is 0 Å². The fourth-order valence-corrected chi connectivity index (χ4v) is 8.88. The fraction of sp³-hybridized carbons (Fsp3) is 0.319. The second-order valence-electron chi connectivity index (χ2n) is 14.9. The number of hydrogen-bond donors (Lipinski definition) is 0. The molecular formula is C47H50O. The quantitative estimate of drug-likeness (QED) is 0.173. The summed E-state index contributed by atoms with van der Waals surface area (Å²) < 4.78 is 7.04. The van der Waals surface area contributed by atoms with Crippen LogP contribution in [0.15, 0.2) is 34.7 Å². The SMILES string of the molecule is Cc1c(C)c(C)c2c(oc3c(C)c(C)c(C)c(-c4c5c(C)c(C)c(C)c(C)c5c(-c5ccccc5)c5c(C)c(C)c(C)c(C)c45)c32)c1C. The van der Waals surface area contributed by atoms with E-state index in [4.69, 9.17) is 4.42 Å². The molecule has 0 unspecified atom stereocenters. The van der Waals surface area contributed by atoms with Crippen molar-refractivity contribution in [3.8, 4) is 22.3 Å². The van der Waals surface area contributed by atoms with Crippen molar-refractivity contribution >= 4 is 43.5 Å². The third kappa shape index (κ3) is 3.97. The molecule has 1 heterocycles. The number of hydrogen-bond acceptors (Lipinski definition) is 1. The number of fused-ring (bicyclic) bond motifs is 5. The van der Waals surface area contributed by atoms with E-state index in [1.807, 2.05) is 0 Å². The van der Waals surface area contributed by atoms with Gasteiger partial charge >= 0.3 is 0 Å². The highest BCUT2D eigenvalue weighted by molar-refractivity contribution is 6.29. The first-order valence-electron chi connectivity index (χ1n) is 17.6. The Balaban J connectivity index is 1.95. The van der Waals surface area contributed by atoms with Crippen LogP contribution in [-0.2, 0) is 0 Å². The van der Waals surface area contributed by atoms with Crippen molar-refractivity contribution in [3.05, 3.63) is 114 Å². The Morgan fingerprint density at radius 3 is 1.04 bits per heavy atom. The molecule has 0 N–H and O–H groups in total. The lowest BCUT2D eigenvalue weighted by molar-refractivity contribution is 0.661. The van der Waals surface area contributed by atoms with Gasteiger partial charge in [0, 0.05) is 10.8 Å². The lowest BCUT2D eigenvalue weighted by Crippen LogP contribution is -2.05. The molecule has 48 heavy (non-hydrogen) atoms. The maximum absolute atomic E-state index is 7.04. The molecule has 7 aromatic rings. The molecule has 0 aliphatic rings. The molecule has 0 radical (unpaired) electrons. The zero-order chi connectivity index (χ0) is 34.8. The summed E-state index contributed by atoms with van der Waals surface area (Å²) in [6.07, 6.45) is 0. The molecule has 0 aliphatic heterocycles. The summed E-state index contributed by atoms with van der Waals surface area (Å²) in [5.41, 5.74) is 27.6. The normalized spacial score (nSPS) is 12.1. The van der Waals surface area contributed by atoms with Crippen LogP contribution in [0.2, 0.25) is 0 Å². The Hall–Kier alpha value is -4.36. The summed E-state index contributed by atoms with van der Waals surface area (Å²) in [5, 5.41) is 8.08. The first-order valence-corrected chi connectivity index (χ1v) is 17.6. The molecule has 0 bridgehead atoms. The van der Waals surface area contributed by atoms with Gasteiger partial charge in [0.05, 0.1) is 0 Å². The maximum atomic E-state index is 7.04. The average molecular weight is 631 g/mol. The minimum atomic E-state index is 1.03. The fourth-order valence-electron chi connectivity index (χ4n) is 8.88. The molecule has 0 amide bonds. The summed E-state index contributed by atoms with van der Waals surface area (Å²) in [6, 6.07) is 11.1. The third-order valence-corrected chi connectivity index (χ3v) is 13.1. The highest BCUT2D eigenvalue weighted by Gasteiger charge is 2.30. The Kier molecular flexibility index (Phi) is 7.26. The summed E-state index contributed by atoms with van der Waals surface area (Å²) >= 11 is 0. The predicted octanol–water partition coefficient (Wildman–Crippen LogP) is 13.9. The second-order valence-corrected chi connectivity index (χ2v) is 14.9. The van der Waals surface area contributed by atoms with E-state index in [0.717, 1.165) is 11.2 Å². The Bertz CT molecular complexity index is 2490. The van der Waals surface area contributed by atoms with Crippen LogP contribution in [0, 0.1) is 104 Å². The molecular weight excluding hydrogens is 581 g/mol. The number of aryl methyl sites for hydroxylation is 7. The molecule has 1 nitrogen and oxygen atoms in total. The minimum absolute atomic E-state index is 1.03. The van der Waals surface area contributed by atoms with Crippen LogP contribution in [-0.4, -0.2) is 0 Å². The number of rotatable bonds is 2. The second kappa shape index (κ2) is 10.8. The number of furan rings is 1. The Labute approximate surface area is 287 Å². The van der Waals surface area contributed by atoms with Crippen molar-refractivity contribution in [1.82, 2.24) is 0 Å². The third-order valence-electron chi connectivity index (χ3n) is 13.1. The van der Waals surface area contributed by atoms with E-state index in [2.05, 4.69) is 134 Å². The van der Waals surface area contributed by atoms with E-state index in [1.54, 1.807) is 0 Å². The molecule has 6 aromatic carbocycles. The summed E-state index contributed by atoms with van der Waals surface area (Å²) in [7, 11) is 0. The molecule has 1 heteroatoms. The van der Waals surface area contributed by atoms with Crippen LogP contribution in [0.5, 0.6) is 0 Å². The minimum Gasteiger partial charge on any atom is -0.455 e. The monoisotopic (exact) mass is 630 g/mol. The molecule has 0 atom stereocenters. The summed E-state index contributed by atoms with van der Waals surface area (Å²) in [6.45, 7) is 34.7. The molecule has 1 aromatic heterocycles. The van der Waals surface area contributed by atoms with Crippen LogP contribution in [0.25, 0.3) is 65.7 Å². The van der Waals surface area contributed by atoms with E-state index in [-0.39, 0.29) is 0 Å². The van der Waals surface area contributed by atoms with Gasteiger partial charge in [-0.1, -0.05) is 30.3 Å². The zero-order valence-corrected chi connectivity index (χ0v) is 31.8. The van der Waals surface area contributed by atoms with E-state index in [1.165, 1.54) is 138 Å². The van der Waals surface area contributed by atoms with Crippen LogP contribution < -0.4 is 0 Å². The smallest absolute Gasteiger partial charge is 0.139 e. The van der Waals surface area contributed by atoms with Crippen LogP contribution in [0.3, 0.4) is 0 Å². The van der Waals surface area contributed by atoms with Crippen molar-refractivity contribution in [2.45, 2.75) is 104 Å².